The third-order valence-corrected chi connectivity index (χ3v) is 0.878. The maximum absolute atomic E-state index is 2.12. The summed E-state index contributed by atoms with van der Waals surface area (Å²) in [7, 11) is 0. The van der Waals surface area contributed by atoms with E-state index in [1.54, 1.807) is 0 Å². The lowest BCUT2D eigenvalue weighted by atomic mass is 10.4. The Bertz CT molecular complexity index is 102. The molecule has 0 N–H and O–H groups in total. The fraction of sp³-hybridized carbons (Fsp3) is 0.455. The van der Waals surface area contributed by atoms with Crippen molar-refractivity contribution in [2.45, 2.75) is 34.1 Å². The standard InChI is InChI=1S/C7H8.2C2H6/c1-2-4-6-7-5-3-1;2*1-2/h1-6H,7H2;2*1-2H3. The topological polar surface area (TPSA) is 0 Å². The Morgan fingerprint density at radius 3 is 1.36 bits per heavy atom. The van der Waals surface area contributed by atoms with Crippen LogP contribution >= 0.6 is 0 Å². The number of hydrogen-bond donors (Lipinski definition) is 0. The molecule has 0 saturated carbocycles. The lowest BCUT2D eigenvalue weighted by Crippen LogP contribution is -1.48. The molecular weight excluding hydrogens is 132 g/mol. The van der Waals surface area contributed by atoms with Crippen molar-refractivity contribution in [3.8, 4) is 0 Å². The monoisotopic (exact) mass is 152 g/mol. The molecule has 0 fully saturated rings. The normalized spacial score (nSPS) is 12.0. The van der Waals surface area contributed by atoms with Crippen LogP contribution in [-0.2, 0) is 0 Å². The molecule has 0 heteroatoms. The smallest absolute Gasteiger partial charge is 0.0163 e. The average molecular weight is 152 g/mol. The maximum atomic E-state index is 2.12. The molecule has 0 bridgehead atoms. The first-order valence-corrected chi connectivity index (χ1v) is 4.48. The van der Waals surface area contributed by atoms with E-state index in [0.29, 0.717) is 0 Å². The predicted octanol–water partition coefficient (Wildman–Crippen LogP) is 4.11. The minimum Gasteiger partial charge on any atom is -0.0807 e. The number of hydrogen-bond acceptors (Lipinski definition) is 0. The molecule has 0 atom stereocenters. The predicted molar refractivity (Wildman–Crippen MR) is 54.7 cm³/mol. The molecule has 0 aromatic carbocycles. The quantitative estimate of drug-likeness (QED) is 0.490. The lowest BCUT2D eigenvalue weighted by Gasteiger charge is -1.69. The molecule has 0 radical (unpaired) electrons. The van der Waals surface area contributed by atoms with Gasteiger partial charge in [-0.3, -0.25) is 0 Å². The van der Waals surface area contributed by atoms with Crippen molar-refractivity contribution in [3.05, 3.63) is 36.5 Å². The Kier molecular flexibility index (Phi) is 18.8. The molecule has 64 valence electrons. The highest BCUT2D eigenvalue weighted by atomic mass is 13.8. The zero-order valence-electron chi connectivity index (χ0n) is 8.17. The molecule has 0 nitrogen and oxygen atoms in total. The Labute approximate surface area is 71.3 Å². The van der Waals surface area contributed by atoms with E-state index in [-0.39, 0.29) is 0 Å². The van der Waals surface area contributed by atoms with Gasteiger partial charge in [0.2, 0.25) is 0 Å². The van der Waals surface area contributed by atoms with Crippen LogP contribution in [0.3, 0.4) is 0 Å². The first kappa shape index (κ1) is 12.9. The largest absolute Gasteiger partial charge is 0.0807 e. The zero-order valence-corrected chi connectivity index (χ0v) is 8.17. The average Bonchev–Trinajstić information content (AvgIpc) is 2.42. The first-order chi connectivity index (χ1) is 5.50. The first-order valence-electron chi connectivity index (χ1n) is 4.48. The van der Waals surface area contributed by atoms with E-state index in [0.717, 1.165) is 6.42 Å². The molecule has 1 aliphatic rings. The van der Waals surface area contributed by atoms with Crippen LogP contribution < -0.4 is 0 Å². The van der Waals surface area contributed by atoms with Crippen LogP contribution in [0.4, 0.5) is 0 Å². The van der Waals surface area contributed by atoms with Crippen molar-refractivity contribution in [1.29, 1.82) is 0 Å². The minimum atomic E-state index is 1.08. The van der Waals surface area contributed by atoms with Gasteiger partial charge in [0.1, 0.15) is 0 Å². The third-order valence-electron chi connectivity index (χ3n) is 0.878. The van der Waals surface area contributed by atoms with Gasteiger partial charge in [-0.25, -0.2) is 0 Å². The van der Waals surface area contributed by atoms with Gasteiger partial charge < -0.3 is 0 Å². The second-order valence-electron chi connectivity index (χ2n) is 1.48. The molecule has 0 unspecified atom stereocenters. The summed E-state index contributed by atoms with van der Waals surface area (Å²) in [5, 5.41) is 0. The summed E-state index contributed by atoms with van der Waals surface area (Å²) in [6, 6.07) is 0. The van der Waals surface area contributed by atoms with Crippen LogP contribution in [-0.4, -0.2) is 0 Å². The molecule has 0 aliphatic heterocycles. The van der Waals surface area contributed by atoms with E-state index < -0.39 is 0 Å². The SMILES string of the molecule is C1=CC=CCC=C1.CC.CC. The maximum Gasteiger partial charge on any atom is -0.0163 e. The number of allylic oxidation sites excluding steroid dienone is 6. The number of rotatable bonds is 0. The minimum absolute atomic E-state index is 1.08. The molecule has 0 aromatic rings. The molecular formula is C11H20. The van der Waals surface area contributed by atoms with Crippen molar-refractivity contribution in [2.24, 2.45) is 0 Å². The van der Waals surface area contributed by atoms with E-state index in [4.69, 9.17) is 0 Å². The van der Waals surface area contributed by atoms with Gasteiger partial charge in [-0.15, -0.1) is 0 Å². The van der Waals surface area contributed by atoms with Gasteiger partial charge in [0.25, 0.3) is 0 Å². The van der Waals surface area contributed by atoms with Gasteiger partial charge in [0.05, 0.1) is 0 Å². The van der Waals surface area contributed by atoms with Gasteiger partial charge in [-0.05, 0) is 6.42 Å². The van der Waals surface area contributed by atoms with Gasteiger partial charge in [-0.2, -0.15) is 0 Å². The van der Waals surface area contributed by atoms with Crippen molar-refractivity contribution >= 4 is 0 Å². The Morgan fingerprint density at radius 1 is 0.636 bits per heavy atom. The Balaban J connectivity index is 0. The van der Waals surface area contributed by atoms with Gasteiger partial charge >= 0.3 is 0 Å². The van der Waals surface area contributed by atoms with Crippen molar-refractivity contribution in [2.75, 3.05) is 0 Å². The molecule has 0 saturated heterocycles. The van der Waals surface area contributed by atoms with Crippen molar-refractivity contribution < 1.29 is 0 Å². The second kappa shape index (κ2) is 16.1. The second-order valence-corrected chi connectivity index (χ2v) is 1.48. The van der Waals surface area contributed by atoms with Gasteiger partial charge in [0.15, 0.2) is 0 Å². The molecule has 11 heavy (non-hydrogen) atoms. The van der Waals surface area contributed by atoms with E-state index in [1.165, 1.54) is 0 Å². The highest BCUT2D eigenvalue weighted by molar-refractivity contribution is 5.16. The van der Waals surface area contributed by atoms with E-state index in [2.05, 4.69) is 24.3 Å². The van der Waals surface area contributed by atoms with Crippen molar-refractivity contribution in [1.82, 2.24) is 0 Å². The fourth-order valence-electron chi connectivity index (χ4n) is 0.521. The summed E-state index contributed by atoms with van der Waals surface area (Å²) in [6.07, 6.45) is 13.5. The summed E-state index contributed by atoms with van der Waals surface area (Å²) in [6.45, 7) is 8.00. The molecule has 0 amide bonds. The summed E-state index contributed by atoms with van der Waals surface area (Å²) in [5.74, 6) is 0. The lowest BCUT2D eigenvalue weighted by molar-refractivity contribution is 1.41. The molecule has 1 aliphatic carbocycles. The van der Waals surface area contributed by atoms with Crippen LogP contribution in [0.15, 0.2) is 36.5 Å². The highest BCUT2D eigenvalue weighted by Gasteiger charge is 1.70. The highest BCUT2D eigenvalue weighted by Crippen LogP contribution is 1.91. The molecule has 0 spiro atoms. The van der Waals surface area contributed by atoms with Crippen molar-refractivity contribution in [3.63, 3.8) is 0 Å². The van der Waals surface area contributed by atoms with E-state index in [1.807, 2.05) is 39.8 Å². The van der Waals surface area contributed by atoms with Gasteiger partial charge in [0, 0.05) is 0 Å². The summed E-state index contributed by atoms with van der Waals surface area (Å²) in [5.41, 5.74) is 0. The van der Waals surface area contributed by atoms with Crippen LogP contribution in [0.25, 0.3) is 0 Å². The van der Waals surface area contributed by atoms with E-state index in [9.17, 15) is 0 Å². The van der Waals surface area contributed by atoms with Crippen LogP contribution in [0.1, 0.15) is 34.1 Å². The van der Waals surface area contributed by atoms with Gasteiger partial charge in [-0.1, -0.05) is 64.2 Å². The summed E-state index contributed by atoms with van der Waals surface area (Å²) < 4.78 is 0. The fourth-order valence-corrected chi connectivity index (χ4v) is 0.521. The molecule has 0 heterocycles. The summed E-state index contributed by atoms with van der Waals surface area (Å²) >= 11 is 0. The Morgan fingerprint density at radius 2 is 1.00 bits per heavy atom. The van der Waals surface area contributed by atoms with Crippen LogP contribution in [0.5, 0.6) is 0 Å². The zero-order chi connectivity index (χ0) is 8.95. The Hall–Kier alpha value is -0.780. The third kappa shape index (κ3) is 12.4. The van der Waals surface area contributed by atoms with Crippen LogP contribution in [0, 0.1) is 0 Å². The molecule has 0 aromatic heterocycles. The summed E-state index contributed by atoms with van der Waals surface area (Å²) in [4.78, 5) is 0. The van der Waals surface area contributed by atoms with E-state index >= 15 is 0 Å². The molecule has 1 rings (SSSR count). The van der Waals surface area contributed by atoms with Crippen LogP contribution in [0.2, 0.25) is 0 Å².